The highest BCUT2D eigenvalue weighted by Gasteiger charge is 2.20. The van der Waals surface area contributed by atoms with E-state index in [1.165, 1.54) is 35.7 Å². The predicted octanol–water partition coefficient (Wildman–Crippen LogP) is 3.44. The van der Waals surface area contributed by atoms with Gasteiger partial charge in [0.15, 0.2) is 11.0 Å². The van der Waals surface area contributed by atoms with Crippen molar-refractivity contribution in [1.29, 1.82) is 0 Å². The number of hydrogen-bond donors (Lipinski definition) is 3. The first-order chi connectivity index (χ1) is 15.6. The van der Waals surface area contributed by atoms with Crippen LogP contribution in [0.4, 0.5) is 0 Å². The van der Waals surface area contributed by atoms with E-state index >= 15 is 0 Å². The summed E-state index contributed by atoms with van der Waals surface area (Å²) in [6.45, 7) is 0.694. The third-order valence-electron chi connectivity index (χ3n) is 4.77. The van der Waals surface area contributed by atoms with Gasteiger partial charge >= 0.3 is 11.1 Å². The highest BCUT2D eigenvalue weighted by Crippen LogP contribution is 2.18. The number of nitrogens with zero attached hydrogens (tertiary/aromatic N) is 2. The molecular weight excluding hydrogens is 424 g/mol. The molecule has 0 aliphatic heterocycles. The summed E-state index contributed by atoms with van der Waals surface area (Å²) in [6, 6.07) is 24.4. The average Bonchev–Trinajstić information content (AvgIpc) is 3.16. The van der Waals surface area contributed by atoms with Crippen molar-refractivity contribution in [2.24, 2.45) is 5.10 Å². The lowest BCUT2D eigenvalue weighted by Gasteiger charge is -2.02. The Hall–Kier alpha value is -3.91. The summed E-state index contributed by atoms with van der Waals surface area (Å²) in [4.78, 5) is 26.6. The number of hydrazone groups is 1. The molecule has 0 radical (unpaired) electrons. The molecule has 3 N–H and O–H groups in total. The van der Waals surface area contributed by atoms with Crippen molar-refractivity contribution in [2.45, 2.75) is 11.7 Å². The van der Waals surface area contributed by atoms with Crippen molar-refractivity contribution in [3.8, 4) is 0 Å². The number of carboxylic acid groups (broad SMARTS) is 1. The minimum atomic E-state index is -0.986. The second-order valence-corrected chi connectivity index (χ2v) is 7.99. The molecule has 0 unspecified atom stereocenters. The Morgan fingerprint density at radius 1 is 1.00 bits per heavy atom. The standard InChI is InChI=1S/C24H20N4O3S/c29-22(27-25-14-17-10-12-19(13-11-17)23(30)31)16-32-24-26-20-8-4-5-9-21(20)28(24)15-18-6-2-1-3-7-18/h1-14H,15-16H2,(H2,27,29,30,31)/p+1. The van der Waals surface area contributed by atoms with Gasteiger partial charge in [0.2, 0.25) is 0 Å². The maximum absolute atomic E-state index is 12.3. The first-order valence-corrected chi connectivity index (χ1v) is 10.9. The smallest absolute Gasteiger partial charge is 0.335 e. The summed E-state index contributed by atoms with van der Waals surface area (Å²) in [5.74, 6) is -1.03. The minimum absolute atomic E-state index is 0.191. The van der Waals surface area contributed by atoms with Crippen LogP contribution < -0.4 is 9.99 Å². The maximum Gasteiger partial charge on any atom is 0.335 e. The largest absolute Gasteiger partial charge is 0.478 e. The lowest BCUT2D eigenvalue weighted by molar-refractivity contribution is -0.700. The molecule has 0 fully saturated rings. The molecular formula is C24H21N4O3S+. The van der Waals surface area contributed by atoms with Gasteiger partial charge in [-0.2, -0.15) is 5.10 Å². The van der Waals surface area contributed by atoms with Gasteiger partial charge in [0.05, 0.1) is 17.5 Å². The first kappa shape index (κ1) is 21.3. The van der Waals surface area contributed by atoms with Crippen LogP contribution in [0.15, 0.2) is 89.1 Å². The molecule has 8 heteroatoms. The Kier molecular flexibility index (Phi) is 6.62. The molecule has 0 atom stereocenters. The number of carboxylic acids is 1. The van der Waals surface area contributed by atoms with Gasteiger partial charge in [-0.1, -0.05) is 54.6 Å². The van der Waals surface area contributed by atoms with Crippen LogP contribution in [0.25, 0.3) is 11.0 Å². The number of carbonyl (C=O) groups is 2. The normalized spacial score (nSPS) is 11.1. The molecule has 4 rings (SSSR count). The van der Waals surface area contributed by atoms with E-state index in [9.17, 15) is 9.59 Å². The van der Waals surface area contributed by atoms with E-state index in [-0.39, 0.29) is 17.2 Å². The zero-order valence-electron chi connectivity index (χ0n) is 17.1. The fourth-order valence-corrected chi connectivity index (χ4v) is 4.03. The van der Waals surface area contributed by atoms with E-state index < -0.39 is 5.97 Å². The van der Waals surface area contributed by atoms with Crippen LogP contribution >= 0.6 is 11.8 Å². The number of rotatable bonds is 8. The Bertz CT molecular complexity index is 1270. The van der Waals surface area contributed by atoms with Crippen molar-refractivity contribution in [3.05, 3.63) is 95.6 Å². The second kappa shape index (κ2) is 9.93. The van der Waals surface area contributed by atoms with Gasteiger partial charge in [0.1, 0.15) is 6.54 Å². The van der Waals surface area contributed by atoms with E-state index in [0.29, 0.717) is 12.1 Å². The first-order valence-electron chi connectivity index (χ1n) is 9.93. The molecule has 160 valence electrons. The fourth-order valence-electron chi connectivity index (χ4n) is 3.20. The van der Waals surface area contributed by atoms with E-state index in [0.717, 1.165) is 16.2 Å². The number of aromatic nitrogens is 2. The third-order valence-corrected chi connectivity index (χ3v) is 5.77. The number of H-pyrrole nitrogens is 1. The van der Waals surface area contributed by atoms with Gasteiger partial charge in [-0.25, -0.2) is 19.8 Å². The Morgan fingerprint density at radius 3 is 2.47 bits per heavy atom. The molecule has 1 aromatic heterocycles. The summed E-state index contributed by atoms with van der Waals surface area (Å²) in [7, 11) is 0. The van der Waals surface area contributed by atoms with Crippen LogP contribution in [-0.2, 0) is 11.3 Å². The number of fused-ring (bicyclic) bond motifs is 1. The maximum atomic E-state index is 12.3. The number of aromatic amines is 1. The van der Waals surface area contributed by atoms with Crippen LogP contribution in [0.1, 0.15) is 21.5 Å². The van der Waals surface area contributed by atoms with Crippen molar-refractivity contribution in [3.63, 3.8) is 0 Å². The number of carbonyl (C=O) groups excluding carboxylic acids is 1. The third kappa shape index (κ3) is 5.22. The molecule has 4 aromatic rings. The van der Waals surface area contributed by atoms with Gasteiger partial charge < -0.3 is 5.11 Å². The average molecular weight is 446 g/mol. The summed E-state index contributed by atoms with van der Waals surface area (Å²) in [5.41, 5.74) is 6.66. The molecule has 3 aromatic carbocycles. The predicted molar refractivity (Wildman–Crippen MR) is 124 cm³/mol. The number of nitrogens with one attached hydrogen (secondary N) is 2. The van der Waals surface area contributed by atoms with Crippen LogP contribution in [0.2, 0.25) is 0 Å². The molecule has 0 bridgehead atoms. The second-order valence-electron chi connectivity index (χ2n) is 7.03. The molecule has 0 aliphatic rings. The summed E-state index contributed by atoms with van der Waals surface area (Å²) < 4.78 is 2.16. The van der Waals surface area contributed by atoms with E-state index in [2.05, 4.69) is 38.3 Å². The molecule has 1 heterocycles. The topological polar surface area (TPSA) is 98.4 Å². The number of thioether (sulfide) groups is 1. The summed E-state index contributed by atoms with van der Waals surface area (Å²) in [5, 5.41) is 13.8. The fraction of sp³-hybridized carbons (Fsp3) is 0.0833. The van der Waals surface area contributed by atoms with Crippen molar-refractivity contribution < 1.29 is 19.3 Å². The quantitative estimate of drug-likeness (QED) is 0.167. The molecule has 1 amide bonds. The number of hydrogen-bond acceptors (Lipinski definition) is 4. The van der Waals surface area contributed by atoms with E-state index in [1.54, 1.807) is 12.1 Å². The number of imidazole rings is 1. The van der Waals surface area contributed by atoms with Gasteiger partial charge in [0, 0.05) is 0 Å². The summed E-state index contributed by atoms with van der Waals surface area (Å²) in [6.07, 6.45) is 1.48. The van der Waals surface area contributed by atoms with Gasteiger partial charge in [-0.15, -0.1) is 0 Å². The highest BCUT2D eigenvalue weighted by atomic mass is 32.2. The molecule has 0 saturated heterocycles. The molecule has 0 spiro atoms. The van der Waals surface area contributed by atoms with Crippen LogP contribution in [0.5, 0.6) is 0 Å². The van der Waals surface area contributed by atoms with Crippen LogP contribution in [0, 0.1) is 0 Å². The number of amides is 1. The van der Waals surface area contributed by atoms with Gasteiger partial charge in [0.25, 0.3) is 5.91 Å². The zero-order valence-corrected chi connectivity index (χ0v) is 17.9. The Balaban J connectivity index is 1.40. The summed E-state index contributed by atoms with van der Waals surface area (Å²) >= 11 is 1.41. The van der Waals surface area contributed by atoms with Crippen molar-refractivity contribution >= 4 is 40.9 Å². The minimum Gasteiger partial charge on any atom is -0.478 e. The lowest BCUT2D eigenvalue weighted by Crippen LogP contribution is -2.36. The number of aromatic carboxylic acids is 1. The highest BCUT2D eigenvalue weighted by molar-refractivity contribution is 7.99. The molecule has 0 saturated carbocycles. The molecule has 0 aliphatic carbocycles. The van der Waals surface area contributed by atoms with E-state index in [1.807, 2.05) is 36.4 Å². The Morgan fingerprint density at radius 2 is 1.72 bits per heavy atom. The van der Waals surface area contributed by atoms with Gasteiger partial charge in [-0.05, 0) is 47.2 Å². The van der Waals surface area contributed by atoms with Crippen molar-refractivity contribution in [2.75, 3.05) is 5.75 Å². The zero-order chi connectivity index (χ0) is 22.3. The van der Waals surface area contributed by atoms with Gasteiger partial charge in [-0.3, -0.25) is 4.79 Å². The monoisotopic (exact) mass is 445 g/mol. The SMILES string of the molecule is O=C(CSc1[nH]c2ccccc2[n+]1Cc1ccccc1)NN=Cc1ccc(C(=O)O)cc1. The van der Waals surface area contributed by atoms with Crippen molar-refractivity contribution in [1.82, 2.24) is 10.4 Å². The lowest BCUT2D eigenvalue weighted by atomic mass is 10.1. The number of para-hydroxylation sites is 2. The van der Waals surface area contributed by atoms with E-state index in [4.69, 9.17) is 5.11 Å². The molecule has 32 heavy (non-hydrogen) atoms. The van der Waals surface area contributed by atoms with Crippen LogP contribution in [-0.4, -0.2) is 33.9 Å². The molecule has 7 nitrogen and oxygen atoms in total. The Labute approximate surface area is 188 Å². The van der Waals surface area contributed by atoms with Crippen LogP contribution in [0.3, 0.4) is 0 Å². The number of benzene rings is 3.